The molecule has 1 aliphatic heterocycles. The van der Waals surface area contributed by atoms with Crippen LogP contribution in [-0.4, -0.2) is 97.0 Å². The molecule has 0 aromatic rings. The van der Waals surface area contributed by atoms with Gasteiger partial charge < -0.3 is 14.7 Å². The molecule has 10 heteroatoms. The first-order valence-corrected chi connectivity index (χ1v) is 11.4. The third kappa shape index (κ3) is 8.16. The molecule has 0 aliphatic carbocycles. The third-order valence-corrected chi connectivity index (χ3v) is 7.67. The van der Waals surface area contributed by atoms with E-state index in [4.69, 9.17) is 11.2 Å². The maximum absolute atomic E-state index is 12.4. The lowest BCUT2D eigenvalue weighted by atomic mass is 10.1. The van der Waals surface area contributed by atoms with E-state index in [1.165, 1.54) is 4.31 Å². The minimum atomic E-state index is -3.48. The van der Waals surface area contributed by atoms with Gasteiger partial charge in [-0.15, -0.1) is 12.3 Å². The van der Waals surface area contributed by atoms with Gasteiger partial charge in [-0.1, -0.05) is 22.6 Å². The number of aldehydes is 1. The maximum Gasteiger partial charge on any atom is 0.215 e. The predicted octanol–water partition coefficient (Wildman–Crippen LogP) is 0.261. The molecule has 0 radical (unpaired) electrons. The molecule has 150 valence electrons. The number of ether oxygens (including phenoxy) is 1. The predicted molar refractivity (Wildman–Crippen MR) is 108 cm³/mol. The van der Waals surface area contributed by atoms with Crippen LogP contribution in [0.5, 0.6) is 0 Å². The van der Waals surface area contributed by atoms with E-state index in [1.54, 1.807) is 7.05 Å². The fraction of sp³-hybridized carbons (Fsp3) is 0.812. The highest BCUT2D eigenvalue weighted by molar-refractivity contribution is 14.1. The molecule has 26 heavy (non-hydrogen) atoms. The van der Waals surface area contributed by atoms with Crippen molar-refractivity contribution in [3.63, 3.8) is 0 Å². The van der Waals surface area contributed by atoms with Crippen molar-refractivity contribution in [3.05, 3.63) is 0 Å². The van der Waals surface area contributed by atoms with Gasteiger partial charge in [-0.2, -0.15) is 5.06 Å². The van der Waals surface area contributed by atoms with Crippen LogP contribution in [0.25, 0.3) is 0 Å². The average molecular weight is 501 g/mol. The molecule has 0 aromatic heterocycles. The Bertz CT molecular complexity index is 563. The fourth-order valence-corrected chi connectivity index (χ4v) is 4.38. The Hall–Kier alpha value is -0.290. The van der Waals surface area contributed by atoms with E-state index >= 15 is 0 Å². The van der Waals surface area contributed by atoms with Crippen molar-refractivity contribution < 1.29 is 23.2 Å². The van der Waals surface area contributed by atoms with Crippen molar-refractivity contribution in [2.45, 2.75) is 16.9 Å². The zero-order valence-corrected chi connectivity index (χ0v) is 18.1. The molecular weight excluding hydrogens is 473 g/mol. The quantitative estimate of drug-likeness (QED) is 0.103. The standard InChI is InChI=1S/C16H28IN3O5S/c1-3-5-15(14-21)16(17)20(22)10-13-26(23,24)18(2)6-4-7-19-8-11-25-12-9-19/h1,14-16,22H,4-13H2,2H3. The summed E-state index contributed by atoms with van der Waals surface area (Å²) in [5, 5.41) is 10.9. The molecule has 1 aliphatic rings. The summed E-state index contributed by atoms with van der Waals surface area (Å²) in [6.07, 6.45) is 6.82. The Morgan fingerprint density at radius 2 is 2.04 bits per heavy atom. The van der Waals surface area contributed by atoms with E-state index in [9.17, 15) is 18.4 Å². The van der Waals surface area contributed by atoms with Crippen molar-refractivity contribution in [3.8, 4) is 12.3 Å². The molecule has 0 spiro atoms. The molecule has 1 fully saturated rings. The number of halogens is 1. The SMILES string of the molecule is C#CCC(C=O)C(I)N(O)CCS(=O)(=O)N(C)CCCN1CCOCC1. The van der Waals surface area contributed by atoms with Crippen LogP contribution in [0.3, 0.4) is 0 Å². The molecule has 2 atom stereocenters. The van der Waals surface area contributed by atoms with Crippen molar-refractivity contribution in [1.29, 1.82) is 0 Å². The second-order valence-corrected chi connectivity index (χ2v) is 9.66. The highest BCUT2D eigenvalue weighted by atomic mass is 127. The second kappa shape index (κ2) is 12.2. The minimum absolute atomic E-state index is 0.0847. The van der Waals surface area contributed by atoms with Crippen LogP contribution in [0.4, 0.5) is 0 Å². The van der Waals surface area contributed by atoms with Gasteiger partial charge in [0.15, 0.2) is 0 Å². The van der Waals surface area contributed by atoms with Crippen molar-refractivity contribution in [2.75, 3.05) is 58.7 Å². The van der Waals surface area contributed by atoms with Crippen LogP contribution in [0.1, 0.15) is 12.8 Å². The summed E-state index contributed by atoms with van der Waals surface area (Å²) in [5.41, 5.74) is 0. The first-order valence-electron chi connectivity index (χ1n) is 8.54. The summed E-state index contributed by atoms with van der Waals surface area (Å²) in [5.74, 6) is 1.62. The summed E-state index contributed by atoms with van der Waals surface area (Å²) < 4.78 is 30.8. The zero-order valence-electron chi connectivity index (χ0n) is 15.1. The number of rotatable bonds is 12. The van der Waals surface area contributed by atoms with E-state index in [0.29, 0.717) is 12.8 Å². The van der Waals surface area contributed by atoms with Gasteiger partial charge in [0.1, 0.15) is 6.29 Å². The lowest BCUT2D eigenvalue weighted by Gasteiger charge is -2.28. The summed E-state index contributed by atoms with van der Waals surface area (Å²) in [4.78, 5) is 13.3. The van der Waals surface area contributed by atoms with Crippen molar-refractivity contribution in [1.82, 2.24) is 14.3 Å². The summed E-state index contributed by atoms with van der Waals surface area (Å²) in [7, 11) is -1.93. The number of sulfonamides is 1. The molecule has 1 heterocycles. The molecule has 2 unspecified atom stereocenters. The van der Waals surface area contributed by atoms with Gasteiger partial charge in [-0.3, -0.25) is 4.90 Å². The Labute approximate surface area is 170 Å². The summed E-state index contributed by atoms with van der Waals surface area (Å²) >= 11 is 1.89. The van der Waals surface area contributed by atoms with E-state index in [0.717, 1.165) is 44.3 Å². The van der Waals surface area contributed by atoms with Gasteiger partial charge in [0.05, 0.1) is 28.9 Å². The fourth-order valence-electron chi connectivity index (χ4n) is 2.54. The molecule has 0 bridgehead atoms. The Morgan fingerprint density at radius 3 is 2.62 bits per heavy atom. The van der Waals surface area contributed by atoms with E-state index in [-0.39, 0.29) is 18.7 Å². The molecule has 0 aromatic carbocycles. The molecule has 1 saturated heterocycles. The van der Waals surface area contributed by atoms with Gasteiger partial charge in [-0.25, -0.2) is 12.7 Å². The summed E-state index contributed by atoms with van der Waals surface area (Å²) in [6.45, 7) is 4.37. The highest BCUT2D eigenvalue weighted by Gasteiger charge is 2.26. The van der Waals surface area contributed by atoms with Crippen LogP contribution < -0.4 is 0 Å². The number of nitrogens with zero attached hydrogens (tertiary/aromatic N) is 3. The Kier molecular flexibility index (Phi) is 11.2. The first-order chi connectivity index (χ1) is 12.3. The van der Waals surface area contributed by atoms with Gasteiger partial charge in [0, 0.05) is 39.6 Å². The van der Waals surface area contributed by atoms with Crippen LogP contribution in [0, 0.1) is 18.3 Å². The third-order valence-electron chi connectivity index (χ3n) is 4.27. The van der Waals surface area contributed by atoms with Gasteiger partial charge in [0.25, 0.3) is 0 Å². The lowest BCUT2D eigenvalue weighted by Crippen LogP contribution is -2.41. The molecule has 1 N–H and O–H groups in total. The molecule has 0 saturated carbocycles. The number of carbonyl (C=O) groups is 1. The van der Waals surface area contributed by atoms with E-state index in [2.05, 4.69) is 10.8 Å². The van der Waals surface area contributed by atoms with Gasteiger partial charge >= 0.3 is 0 Å². The van der Waals surface area contributed by atoms with E-state index < -0.39 is 20.0 Å². The largest absolute Gasteiger partial charge is 0.379 e. The van der Waals surface area contributed by atoms with Crippen LogP contribution in [-0.2, 0) is 19.6 Å². The minimum Gasteiger partial charge on any atom is -0.379 e. The number of hydrogen-bond acceptors (Lipinski definition) is 7. The van der Waals surface area contributed by atoms with Gasteiger partial charge in [-0.05, 0) is 13.0 Å². The second-order valence-electron chi connectivity index (χ2n) is 6.19. The normalized spacial score (nSPS) is 18.6. The monoisotopic (exact) mass is 501 g/mol. The van der Waals surface area contributed by atoms with Crippen LogP contribution >= 0.6 is 22.6 Å². The maximum atomic E-state index is 12.4. The zero-order chi connectivity index (χ0) is 19.6. The topological polar surface area (TPSA) is 90.4 Å². The number of morpholine rings is 1. The highest BCUT2D eigenvalue weighted by Crippen LogP contribution is 2.18. The lowest BCUT2D eigenvalue weighted by molar-refractivity contribution is -0.124. The number of hydrogen-bond donors (Lipinski definition) is 1. The van der Waals surface area contributed by atoms with Crippen LogP contribution in [0.2, 0.25) is 0 Å². The molecule has 0 amide bonds. The Morgan fingerprint density at radius 1 is 1.38 bits per heavy atom. The number of terminal acetylenes is 1. The first kappa shape index (κ1) is 23.7. The molecule has 8 nitrogen and oxygen atoms in total. The molecule has 1 rings (SSSR count). The van der Waals surface area contributed by atoms with Crippen LogP contribution in [0.15, 0.2) is 0 Å². The molecular formula is C16H28IN3O5S. The summed E-state index contributed by atoms with van der Waals surface area (Å²) in [6, 6.07) is 0. The Balaban J connectivity index is 2.38. The van der Waals surface area contributed by atoms with Crippen molar-refractivity contribution in [2.24, 2.45) is 5.92 Å². The number of hydroxylamine groups is 2. The van der Waals surface area contributed by atoms with E-state index in [1.807, 2.05) is 22.6 Å². The number of carbonyl (C=O) groups excluding carboxylic acids is 1. The van der Waals surface area contributed by atoms with Crippen molar-refractivity contribution >= 4 is 38.9 Å². The smallest absolute Gasteiger partial charge is 0.215 e. The van der Waals surface area contributed by atoms with Gasteiger partial charge in [0.2, 0.25) is 10.0 Å². The average Bonchev–Trinajstić information content (AvgIpc) is 2.64. The number of alkyl halides is 1.